The van der Waals surface area contributed by atoms with Gasteiger partial charge < -0.3 is 0 Å². The minimum atomic E-state index is -0.597. The second-order valence-electron chi connectivity index (χ2n) is 11.8. The fourth-order valence-corrected chi connectivity index (χ4v) is 8.21. The molecule has 0 spiro atoms. The topological polar surface area (TPSA) is 0 Å². The lowest BCUT2D eigenvalue weighted by molar-refractivity contribution is 0.626. The molecule has 0 saturated carbocycles. The van der Waals surface area contributed by atoms with Crippen molar-refractivity contribution in [1.29, 1.82) is 0 Å². The van der Waals surface area contributed by atoms with Gasteiger partial charge in [-0.1, -0.05) is 170 Å². The molecule has 0 N–H and O–H groups in total. The summed E-state index contributed by atoms with van der Waals surface area (Å²) in [5.41, 5.74) is 13.4. The minimum absolute atomic E-state index is 0.468. The number of hydrogen-bond donors (Lipinski definition) is 0. The summed E-state index contributed by atoms with van der Waals surface area (Å²) in [5, 5.41) is 0. The lowest BCUT2D eigenvalue weighted by Crippen LogP contribution is -2.44. The van der Waals surface area contributed by atoms with Crippen LogP contribution >= 0.6 is 0 Å². The summed E-state index contributed by atoms with van der Waals surface area (Å²) in [6.45, 7) is 3.84. The maximum atomic E-state index is 13.3. The van der Waals surface area contributed by atoms with Gasteiger partial charge in [-0.05, 0) is 72.8 Å². The highest BCUT2D eigenvalue weighted by molar-refractivity contribution is 5.91. The van der Waals surface area contributed by atoms with Crippen LogP contribution in [-0.4, -0.2) is 0 Å². The van der Waals surface area contributed by atoms with Crippen molar-refractivity contribution in [2.45, 2.75) is 10.8 Å². The van der Waals surface area contributed by atoms with Crippen molar-refractivity contribution in [3.8, 4) is 11.1 Å². The van der Waals surface area contributed by atoms with Gasteiger partial charge >= 0.3 is 0 Å². The lowest BCUT2D eigenvalue weighted by atomic mass is 9.51. The number of benzene rings is 6. The first-order valence-corrected chi connectivity index (χ1v) is 15.4. The Hall–Kier alpha value is -5.53. The van der Waals surface area contributed by atoms with E-state index in [0.29, 0.717) is 6.33 Å². The van der Waals surface area contributed by atoms with Gasteiger partial charge in [-0.2, -0.15) is 0 Å². The monoisotopic (exact) mass is 578 g/mol. The van der Waals surface area contributed by atoms with Gasteiger partial charge in [0.05, 0.1) is 17.2 Å². The van der Waals surface area contributed by atoms with E-state index in [9.17, 15) is 4.39 Å². The normalized spacial score (nSPS) is 19.5. The van der Waals surface area contributed by atoms with E-state index in [1.165, 1.54) is 56.1 Å². The van der Waals surface area contributed by atoms with Crippen LogP contribution in [0.3, 0.4) is 0 Å². The van der Waals surface area contributed by atoms with Gasteiger partial charge in [-0.25, -0.2) is 4.39 Å². The summed E-state index contributed by atoms with van der Waals surface area (Å²) in [4.78, 5) is 0. The maximum absolute atomic E-state index is 13.3. The standard InChI is InChI=1S/C44H31F/c1-2-14-31(29-30-45)32-25-27-35(28-26-32)43(33-15-5-3-6-16-33)39-22-11-12-23-40(39)44(34-17-7-4-8-18-34)38-21-10-9-19-36(38)37-20-13-24-41(43)42(37)44/h2-30H,1H2/b30-29-,31-14+. The third-order valence-electron chi connectivity index (χ3n) is 9.80. The van der Waals surface area contributed by atoms with Crippen molar-refractivity contribution in [3.63, 3.8) is 0 Å². The Balaban J connectivity index is 1.54. The Labute approximate surface area is 264 Å². The van der Waals surface area contributed by atoms with E-state index in [1.807, 2.05) is 6.08 Å². The fourth-order valence-electron chi connectivity index (χ4n) is 8.21. The van der Waals surface area contributed by atoms with Crippen LogP contribution in [0.15, 0.2) is 183 Å². The van der Waals surface area contributed by atoms with Gasteiger partial charge in [0.2, 0.25) is 0 Å². The van der Waals surface area contributed by atoms with E-state index < -0.39 is 10.8 Å². The lowest BCUT2D eigenvalue weighted by Gasteiger charge is -2.49. The van der Waals surface area contributed by atoms with E-state index >= 15 is 0 Å². The Morgan fingerprint density at radius 1 is 0.489 bits per heavy atom. The van der Waals surface area contributed by atoms with Gasteiger partial charge in [0.25, 0.3) is 0 Å². The summed E-state index contributed by atoms with van der Waals surface area (Å²) in [6.07, 6.45) is 5.60. The smallest absolute Gasteiger partial charge is 0.0873 e. The molecule has 6 aromatic carbocycles. The van der Waals surface area contributed by atoms with Crippen LogP contribution < -0.4 is 0 Å². The molecule has 0 aromatic heterocycles. The molecule has 2 unspecified atom stereocenters. The first-order chi connectivity index (χ1) is 22.3. The number of allylic oxidation sites excluding steroid dienone is 4. The maximum Gasteiger partial charge on any atom is 0.0873 e. The van der Waals surface area contributed by atoms with Gasteiger partial charge in [0.15, 0.2) is 0 Å². The number of fused-ring (bicyclic) bond motifs is 5. The summed E-state index contributed by atoms with van der Waals surface area (Å²) >= 11 is 0. The minimum Gasteiger partial charge on any atom is -0.216 e. The highest BCUT2D eigenvalue weighted by atomic mass is 19.1. The van der Waals surface area contributed by atoms with Crippen LogP contribution in [0.25, 0.3) is 16.7 Å². The fraction of sp³-hybridized carbons (Fsp3) is 0.0455. The van der Waals surface area contributed by atoms with Gasteiger partial charge in [0.1, 0.15) is 0 Å². The molecule has 1 heteroatoms. The predicted molar refractivity (Wildman–Crippen MR) is 184 cm³/mol. The van der Waals surface area contributed by atoms with Crippen LogP contribution in [0.1, 0.15) is 50.1 Å². The number of hydrogen-bond acceptors (Lipinski definition) is 0. The molecule has 0 aliphatic heterocycles. The van der Waals surface area contributed by atoms with E-state index in [4.69, 9.17) is 0 Å². The Morgan fingerprint density at radius 3 is 1.64 bits per heavy atom. The summed E-state index contributed by atoms with van der Waals surface area (Å²) < 4.78 is 13.3. The summed E-state index contributed by atoms with van der Waals surface area (Å²) in [6, 6.07) is 55.4. The van der Waals surface area contributed by atoms with Gasteiger partial charge in [0, 0.05) is 0 Å². The van der Waals surface area contributed by atoms with Crippen molar-refractivity contribution in [1.82, 2.24) is 0 Å². The molecule has 0 heterocycles. The Morgan fingerprint density at radius 2 is 1.00 bits per heavy atom. The molecule has 2 aliphatic carbocycles. The molecule has 2 atom stereocenters. The second kappa shape index (κ2) is 10.6. The molecular formula is C44H31F. The molecule has 0 radical (unpaired) electrons. The largest absolute Gasteiger partial charge is 0.216 e. The Kier molecular flexibility index (Phi) is 6.36. The van der Waals surface area contributed by atoms with Crippen molar-refractivity contribution >= 4 is 5.57 Å². The molecular weight excluding hydrogens is 547 g/mol. The molecule has 214 valence electrons. The zero-order chi connectivity index (χ0) is 30.4. The van der Waals surface area contributed by atoms with Crippen LogP contribution in [0, 0.1) is 0 Å². The van der Waals surface area contributed by atoms with Crippen LogP contribution in [-0.2, 0) is 10.8 Å². The van der Waals surface area contributed by atoms with Crippen LogP contribution in [0.4, 0.5) is 4.39 Å². The summed E-state index contributed by atoms with van der Waals surface area (Å²) in [5.74, 6) is 0. The molecule has 45 heavy (non-hydrogen) atoms. The van der Waals surface area contributed by atoms with Crippen molar-refractivity contribution in [2.24, 2.45) is 0 Å². The first kappa shape index (κ1) is 27.0. The highest BCUT2D eigenvalue weighted by Crippen LogP contribution is 2.65. The molecule has 8 rings (SSSR count). The summed E-state index contributed by atoms with van der Waals surface area (Å²) in [7, 11) is 0. The van der Waals surface area contributed by atoms with Gasteiger partial charge in [-0.15, -0.1) is 0 Å². The van der Waals surface area contributed by atoms with Crippen LogP contribution in [0.2, 0.25) is 0 Å². The molecule has 0 bridgehead atoms. The molecule has 2 aliphatic rings. The zero-order valence-electron chi connectivity index (χ0n) is 24.8. The third-order valence-corrected chi connectivity index (χ3v) is 9.80. The highest BCUT2D eigenvalue weighted by Gasteiger charge is 2.57. The van der Waals surface area contributed by atoms with Crippen LogP contribution in [0.5, 0.6) is 0 Å². The molecule has 0 amide bonds. The molecule has 6 aromatic rings. The second-order valence-corrected chi connectivity index (χ2v) is 11.8. The quantitative estimate of drug-likeness (QED) is 0.172. The van der Waals surface area contributed by atoms with Crippen molar-refractivity contribution in [3.05, 3.63) is 233 Å². The van der Waals surface area contributed by atoms with E-state index in [0.717, 1.165) is 16.7 Å². The number of halogens is 1. The molecule has 0 nitrogen and oxygen atoms in total. The third kappa shape index (κ3) is 3.65. The van der Waals surface area contributed by atoms with Gasteiger partial charge in [-0.3, -0.25) is 0 Å². The average Bonchev–Trinajstić information content (AvgIpc) is 3.42. The van der Waals surface area contributed by atoms with Crippen molar-refractivity contribution in [2.75, 3.05) is 0 Å². The van der Waals surface area contributed by atoms with E-state index in [-0.39, 0.29) is 0 Å². The predicted octanol–water partition coefficient (Wildman–Crippen LogP) is 10.8. The van der Waals surface area contributed by atoms with E-state index in [2.05, 4.69) is 158 Å². The average molecular weight is 579 g/mol. The first-order valence-electron chi connectivity index (χ1n) is 15.4. The molecule has 0 saturated heterocycles. The van der Waals surface area contributed by atoms with E-state index in [1.54, 1.807) is 6.08 Å². The number of rotatable bonds is 6. The Bertz CT molecular complexity index is 2120. The molecule has 0 fully saturated rings. The zero-order valence-corrected chi connectivity index (χ0v) is 24.8. The van der Waals surface area contributed by atoms with Crippen molar-refractivity contribution < 1.29 is 4.39 Å². The SMILES string of the molecule is C=C/C=C(\C=C/F)c1ccc(C2(c3ccccc3)c3ccccc3C3(c4ccccc4)c4ccccc4-c4cccc2c43)cc1.